The smallest absolute Gasteiger partial charge is 0.142 e. The standard InChI is InChI=1S/C26H30N6O2/c1-18-13-31(25-5-3-21(11-27)32-26(25)7-9-29-32)17-24(33-18)16-30-14-19-2-4-22(10-20(19)15-30)34-23-6-8-28-12-23/h2-5,7,9-10,18,23-24,28H,6,8,12-17H2,1H3. The van der Waals surface area contributed by atoms with Crippen molar-refractivity contribution in [2.45, 2.75) is 44.7 Å². The van der Waals surface area contributed by atoms with Crippen molar-refractivity contribution < 1.29 is 9.47 Å². The van der Waals surface area contributed by atoms with Gasteiger partial charge in [-0.2, -0.15) is 10.4 Å². The van der Waals surface area contributed by atoms with Crippen LogP contribution < -0.4 is 15.0 Å². The summed E-state index contributed by atoms with van der Waals surface area (Å²) < 4.78 is 14.3. The van der Waals surface area contributed by atoms with E-state index in [0.29, 0.717) is 5.69 Å². The molecular weight excluding hydrogens is 428 g/mol. The molecular formula is C26H30N6O2. The average molecular weight is 459 g/mol. The number of ether oxygens (including phenoxy) is 2. The number of nitriles is 1. The molecule has 1 aromatic carbocycles. The molecule has 0 saturated carbocycles. The Kier molecular flexibility index (Phi) is 5.61. The Morgan fingerprint density at radius 3 is 2.94 bits per heavy atom. The molecule has 5 heterocycles. The number of pyridine rings is 1. The first-order chi connectivity index (χ1) is 16.7. The van der Waals surface area contributed by atoms with Gasteiger partial charge in [-0.1, -0.05) is 6.07 Å². The van der Waals surface area contributed by atoms with Crippen LogP contribution in [-0.4, -0.2) is 65.5 Å². The van der Waals surface area contributed by atoms with Gasteiger partial charge in [-0.05, 0) is 61.3 Å². The second-order valence-electron chi connectivity index (χ2n) is 9.65. The third-order valence-corrected chi connectivity index (χ3v) is 7.06. The van der Waals surface area contributed by atoms with Crippen LogP contribution in [0.1, 0.15) is 30.2 Å². The van der Waals surface area contributed by atoms with E-state index in [0.717, 1.165) is 69.2 Å². The molecule has 3 aromatic rings. The summed E-state index contributed by atoms with van der Waals surface area (Å²) in [6.45, 7) is 8.48. The number of nitrogens with zero attached hydrogens (tertiary/aromatic N) is 5. The zero-order valence-electron chi connectivity index (χ0n) is 19.5. The monoisotopic (exact) mass is 458 g/mol. The summed E-state index contributed by atoms with van der Waals surface area (Å²) in [5.41, 5.74) is 5.35. The van der Waals surface area contributed by atoms with Crippen molar-refractivity contribution in [2.24, 2.45) is 0 Å². The predicted molar refractivity (Wildman–Crippen MR) is 129 cm³/mol. The number of morpholine rings is 1. The second-order valence-corrected chi connectivity index (χ2v) is 9.65. The lowest BCUT2D eigenvalue weighted by Crippen LogP contribution is -2.50. The third-order valence-electron chi connectivity index (χ3n) is 7.06. The first-order valence-corrected chi connectivity index (χ1v) is 12.1. The van der Waals surface area contributed by atoms with Crippen LogP contribution in [0.4, 0.5) is 5.69 Å². The minimum Gasteiger partial charge on any atom is -0.489 e. The molecule has 2 fully saturated rings. The molecule has 3 unspecified atom stereocenters. The van der Waals surface area contributed by atoms with Crippen molar-refractivity contribution in [3.05, 3.63) is 59.4 Å². The Balaban J connectivity index is 1.14. The van der Waals surface area contributed by atoms with Crippen LogP contribution in [0.2, 0.25) is 0 Å². The van der Waals surface area contributed by atoms with E-state index >= 15 is 0 Å². The lowest BCUT2D eigenvalue weighted by Gasteiger charge is -2.39. The highest BCUT2D eigenvalue weighted by Crippen LogP contribution is 2.30. The van der Waals surface area contributed by atoms with E-state index in [1.807, 2.05) is 18.2 Å². The van der Waals surface area contributed by atoms with E-state index in [1.165, 1.54) is 11.1 Å². The van der Waals surface area contributed by atoms with E-state index in [4.69, 9.17) is 9.47 Å². The maximum atomic E-state index is 9.40. The molecule has 34 heavy (non-hydrogen) atoms. The lowest BCUT2D eigenvalue weighted by molar-refractivity contribution is -0.0329. The molecule has 176 valence electrons. The van der Waals surface area contributed by atoms with Crippen LogP contribution in [0.3, 0.4) is 0 Å². The number of rotatable bonds is 5. The maximum absolute atomic E-state index is 9.40. The molecule has 2 aromatic heterocycles. The first-order valence-electron chi connectivity index (χ1n) is 12.1. The predicted octanol–water partition coefficient (Wildman–Crippen LogP) is 2.56. The largest absolute Gasteiger partial charge is 0.489 e. The molecule has 0 bridgehead atoms. The van der Waals surface area contributed by atoms with Crippen LogP contribution in [0.25, 0.3) is 5.52 Å². The summed E-state index contributed by atoms with van der Waals surface area (Å²) in [4.78, 5) is 4.85. The summed E-state index contributed by atoms with van der Waals surface area (Å²) in [6.07, 6.45) is 3.34. The lowest BCUT2D eigenvalue weighted by atomic mass is 10.1. The zero-order valence-corrected chi connectivity index (χ0v) is 19.5. The van der Waals surface area contributed by atoms with Gasteiger partial charge >= 0.3 is 0 Å². The first kappa shape index (κ1) is 21.4. The van der Waals surface area contributed by atoms with Crippen LogP contribution in [-0.2, 0) is 17.8 Å². The van der Waals surface area contributed by atoms with Gasteiger partial charge in [-0.15, -0.1) is 0 Å². The van der Waals surface area contributed by atoms with Gasteiger partial charge in [0.2, 0.25) is 0 Å². The molecule has 2 saturated heterocycles. The van der Waals surface area contributed by atoms with E-state index in [2.05, 4.69) is 51.4 Å². The highest BCUT2D eigenvalue weighted by Gasteiger charge is 2.30. The Bertz CT molecular complexity index is 1230. The number of nitrogens with one attached hydrogen (secondary N) is 1. The van der Waals surface area contributed by atoms with Gasteiger partial charge in [0.05, 0.1) is 29.6 Å². The molecule has 3 aliphatic heterocycles. The van der Waals surface area contributed by atoms with Gasteiger partial charge in [0.1, 0.15) is 23.6 Å². The topological polar surface area (TPSA) is 78.1 Å². The van der Waals surface area contributed by atoms with Gasteiger partial charge in [0.25, 0.3) is 0 Å². The fraction of sp³-hybridized carbons (Fsp3) is 0.462. The Morgan fingerprint density at radius 2 is 2.09 bits per heavy atom. The van der Waals surface area contributed by atoms with Crippen molar-refractivity contribution in [1.29, 1.82) is 5.26 Å². The number of hydrogen-bond acceptors (Lipinski definition) is 7. The van der Waals surface area contributed by atoms with Gasteiger partial charge in [0.15, 0.2) is 0 Å². The van der Waals surface area contributed by atoms with Gasteiger partial charge < -0.3 is 19.7 Å². The maximum Gasteiger partial charge on any atom is 0.142 e. The van der Waals surface area contributed by atoms with Crippen molar-refractivity contribution in [1.82, 2.24) is 19.8 Å². The zero-order chi connectivity index (χ0) is 23.1. The molecule has 8 heteroatoms. The van der Waals surface area contributed by atoms with Gasteiger partial charge in [-0.25, -0.2) is 4.52 Å². The fourth-order valence-corrected chi connectivity index (χ4v) is 5.55. The van der Waals surface area contributed by atoms with Crippen LogP contribution in [0.5, 0.6) is 5.75 Å². The van der Waals surface area contributed by atoms with Crippen molar-refractivity contribution in [2.75, 3.05) is 37.6 Å². The van der Waals surface area contributed by atoms with E-state index in [9.17, 15) is 5.26 Å². The Hall–Kier alpha value is -3.12. The molecule has 3 aliphatic rings. The SMILES string of the molecule is CC1CN(c2ccc(C#N)n3nccc23)CC(CN2Cc3ccc(OC4CCNC4)cc3C2)O1. The number of anilines is 1. The molecule has 0 aliphatic carbocycles. The van der Waals surface area contributed by atoms with Crippen molar-refractivity contribution in [3.8, 4) is 11.8 Å². The molecule has 0 amide bonds. The Morgan fingerprint density at radius 1 is 1.18 bits per heavy atom. The summed E-state index contributed by atoms with van der Waals surface area (Å²) in [6, 6.07) is 14.6. The normalized spacial score (nSPS) is 24.9. The minimum absolute atomic E-state index is 0.108. The third kappa shape index (κ3) is 4.11. The molecule has 1 N–H and O–H groups in total. The molecule has 0 radical (unpaired) electrons. The summed E-state index contributed by atoms with van der Waals surface area (Å²) in [7, 11) is 0. The number of benzene rings is 1. The molecule has 3 atom stereocenters. The van der Waals surface area contributed by atoms with Crippen LogP contribution >= 0.6 is 0 Å². The molecule has 8 nitrogen and oxygen atoms in total. The van der Waals surface area contributed by atoms with Gasteiger partial charge in [0, 0.05) is 39.3 Å². The highest BCUT2D eigenvalue weighted by molar-refractivity contribution is 5.74. The molecule has 6 rings (SSSR count). The number of fused-ring (bicyclic) bond motifs is 2. The van der Waals surface area contributed by atoms with Crippen LogP contribution in [0, 0.1) is 11.3 Å². The number of hydrogen-bond donors (Lipinski definition) is 1. The summed E-state index contributed by atoms with van der Waals surface area (Å²) in [5.74, 6) is 0.980. The minimum atomic E-state index is 0.108. The van der Waals surface area contributed by atoms with E-state index in [-0.39, 0.29) is 18.3 Å². The van der Waals surface area contributed by atoms with E-state index in [1.54, 1.807) is 10.7 Å². The van der Waals surface area contributed by atoms with Gasteiger partial charge in [-0.3, -0.25) is 4.90 Å². The highest BCUT2D eigenvalue weighted by atomic mass is 16.5. The van der Waals surface area contributed by atoms with E-state index < -0.39 is 0 Å². The molecule has 0 spiro atoms. The van der Waals surface area contributed by atoms with Crippen LogP contribution in [0.15, 0.2) is 42.6 Å². The number of aromatic nitrogens is 2. The van der Waals surface area contributed by atoms with Crippen molar-refractivity contribution >= 4 is 11.2 Å². The Labute approximate surface area is 199 Å². The van der Waals surface area contributed by atoms with Crippen molar-refractivity contribution in [3.63, 3.8) is 0 Å². The average Bonchev–Trinajstić information content (AvgIpc) is 3.58. The second kappa shape index (κ2) is 8.91. The summed E-state index contributed by atoms with van der Waals surface area (Å²) >= 11 is 0. The summed E-state index contributed by atoms with van der Waals surface area (Å²) in [5, 5.41) is 17.1. The fourth-order valence-electron chi connectivity index (χ4n) is 5.55. The quantitative estimate of drug-likeness (QED) is 0.630.